The van der Waals surface area contributed by atoms with E-state index < -0.39 is 23.8 Å². The monoisotopic (exact) mass is 856 g/mol. The summed E-state index contributed by atoms with van der Waals surface area (Å²) in [6.45, 7) is 7.80. The normalized spacial score (nSPS) is 11.3. The summed E-state index contributed by atoms with van der Waals surface area (Å²) in [5.41, 5.74) is 4.13. The smallest absolute Gasteiger partial charge is 0.338 e. The van der Waals surface area contributed by atoms with Crippen molar-refractivity contribution in [1.82, 2.24) is 0 Å². The summed E-state index contributed by atoms with van der Waals surface area (Å²) >= 11 is 0. The molecule has 14 nitrogen and oxygen atoms in total. The molecule has 0 bridgehead atoms. The van der Waals surface area contributed by atoms with Crippen LogP contribution in [0.15, 0.2) is 142 Å². The predicted octanol–water partition coefficient (Wildman–Crippen LogP) is 12.2. The van der Waals surface area contributed by atoms with E-state index in [1.165, 1.54) is 0 Å². The minimum atomic E-state index is -0.593. The van der Waals surface area contributed by atoms with Crippen molar-refractivity contribution in [2.24, 2.45) is 20.5 Å². The lowest BCUT2D eigenvalue weighted by Crippen LogP contribution is -2.17. The van der Waals surface area contributed by atoms with Crippen molar-refractivity contribution in [3.63, 3.8) is 0 Å². The molecule has 0 saturated carbocycles. The van der Waals surface area contributed by atoms with Crippen LogP contribution in [0.2, 0.25) is 0 Å². The molecule has 0 aliphatic rings. The predicted molar refractivity (Wildman–Crippen MR) is 245 cm³/mol. The highest BCUT2D eigenvalue weighted by Gasteiger charge is 2.23. The zero-order valence-corrected chi connectivity index (χ0v) is 35.5. The number of azo groups is 2. The molecule has 0 fully saturated rings. The number of hydrogen-bond acceptors (Lipinski definition) is 12. The Hall–Kier alpha value is -8.26. The van der Waals surface area contributed by atoms with Crippen LogP contribution in [0.5, 0.6) is 11.5 Å². The van der Waals surface area contributed by atoms with E-state index in [4.69, 9.17) is 9.47 Å². The molecule has 0 heterocycles. The highest BCUT2D eigenvalue weighted by molar-refractivity contribution is 6.14. The van der Waals surface area contributed by atoms with Crippen molar-refractivity contribution in [2.45, 2.75) is 40.5 Å². The van der Waals surface area contributed by atoms with Crippen LogP contribution >= 0.6 is 0 Å². The minimum Gasteiger partial charge on any atom is -0.505 e. The second-order valence-corrected chi connectivity index (χ2v) is 14.4. The number of carbonyl (C=O) groups is 4. The van der Waals surface area contributed by atoms with Crippen molar-refractivity contribution in [3.8, 4) is 11.5 Å². The van der Waals surface area contributed by atoms with Crippen LogP contribution in [-0.4, -0.2) is 47.2 Å². The molecule has 0 atom stereocenters. The van der Waals surface area contributed by atoms with Crippen LogP contribution in [0.1, 0.15) is 80.3 Å². The third kappa shape index (κ3) is 9.31. The Kier molecular flexibility index (Phi) is 13.4. The molecule has 0 spiro atoms. The summed E-state index contributed by atoms with van der Waals surface area (Å²) in [6, 6.07) is 33.5. The average molecular weight is 857 g/mol. The quantitative estimate of drug-likeness (QED) is 0.0611. The van der Waals surface area contributed by atoms with E-state index in [-0.39, 0.29) is 47.2 Å². The van der Waals surface area contributed by atoms with Crippen molar-refractivity contribution in [1.29, 1.82) is 0 Å². The maximum atomic E-state index is 14.0. The van der Waals surface area contributed by atoms with Crippen molar-refractivity contribution in [2.75, 3.05) is 23.8 Å². The number of fused-ring (bicyclic) bond motifs is 2. The number of anilines is 2. The van der Waals surface area contributed by atoms with Crippen LogP contribution in [0.25, 0.3) is 21.5 Å². The lowest BCUT2D eigenvalue weighted by atomic mass is 9.97. The number of ether oxygens (including phenoxy) is 2. The fourth-order valence-corrected chi connectivity index (χ4v) is 7.27. The van der Waals surface area contributed by atoms with Crippen LogP contribution in [0.4, 0.5) is 34.1 Å². The first kappa shape index (κ1) is 43.8. The number of benzene rings is 7. The number of carbonyl (C=O) groups excluding carboxylic acids is 4. The van der Waals surface area contributed by atoms with Gasteiger partial charge >= 0.3 is 11.9 Å². The van der Waals surface area contributed by atoms with Gasteiger partial charge in [0.25, 0.3) is 11.8 Å². The highest BCUT2D eigenvalue weighted by atomic mass is 16.5. The van der Waals surface area contributed by atoms with Gasteiger partial charge in [-0.2, -0.15) is 10.2 Å². The topological polar surface area (TPSA) is 201 Å². The molecule has 7 aromatic carbocycles. The number of nitrogens with zero attached hydrogens (tertiary/aromatic N) is 4. The number of esters is 2. The second kappa shape index (κ2) is 19.6. The summed E-state index contributed by atoms with van der Waals surface area (Å²) in [6.07, 6.45) is 0.959. The highest BCUT2D eigenvalue weighted by Crippen LogP contribution is 2.42. The zero-order valence-electron chi connectivity index (χ0n) is 35.5. The Morgan fingerprint density at radius 1 is 0.500 bits per heavy atom. The number of rotatable bonds is 14. The van der Waals surface area contributed by atoms with E-state index in [1.54, 1.807) is 123 Å². The van der Waals surface area contributed by atoms with Gasteiger partial charge in [-0.1, -0.05) is 62.4 Å². The number of phenolic OH excluding ortho intramolecular Hbond substituents is 2. The molecule has 0 aliphatic carbocycles. The van der Waals surface area contributed by atoms with Gasteiger partial charge in [0.2, 0.25) is 0 Å². The number of hydrogen-bond donors (Lipinski definition) is 4. The molecule has 7 rings (SSSR count). The lowest BCUT2D eigenvalue weighted by molar-refractivity contribution is 0.0517. The van der Waals surface area contributed by atoms with Gasteiger partial charge in [0.05, 0.1) is 46.8 Å². The van der Waals surface area contributed by atoms with E-state index in [9.17, 15) is 29.4 Å². The number of phenols is 2. The molecular formula is C50H44N6O8. The van der Waals surface area contributed by atoms with Gasteiger partial charge in [-0.3, -0.25) is 9.59 Å². The average Bonchev–Trinajstić information content (AvgIpc) is 3.31. The molecule has 0 aromatic heterocycles. The first-order valence-electron chi connectivity index (χ1n) is 20.7. The maximum Gasteiger partial charge on any atom is 0.338 e. The van der Waals surface area contributed by atoms with Gasteiger partial charge in [0, 0.05) is 22.1 Å². The van der Waals surface area contributed by atoms with Crippen molar-refractivity contribution < 1.29 is 38.9 Å². The number of nitrogens with one attached hydrogen (secondary N) is 2. The van der Waals surface area contributed by atoms with Gasteiger partial charge in [-0.25, -0.2) is 9.59 Å². The molecule has 14 heteroatoms. The van der Waals surface area contributed by atoms with E-state index in [2.05, 4.69) is 31.1 Å². The molecular weight excluding hydrogens is 813 g/mol. The molecule has 322 valence electrons. The van der Waals surface area contributed by atoms with E-state index in [0.29, 0.717) is 68.3 Å². The summed E-state index contributed by atoms with van der Waals surface area (Å²) in [7, 11) is 0. The van der Waals surface area contributed by atoms with Crippen LogP contribution < -0.4 is 10.6 Å². The Morgan fingerprint density at radius 3 is 1.23 bits per heavy atom. The molecule has 0 saturated heterocycles. The molecule has 4 N–H and O–H groups in total. The Labute approximate surface area is 368 Å². The largest absolute Gasteiger partial charge is 0.505 e. The summed E-state index contributed by atoms with van der Waals surface area (Å²) in [4.78, 5) is 52.3. The second-order valence-electron chi connectivity index (χ2n) is 14.4. The Morgan fingerprint density at radius 2 is 0.875 bits per heavy atom. The fourth-order valence-electron chi connectivity index (χ4n) is 7.27. The Bertz CT molecular complexity index is 2780. The van der Waals surface area contributed by atoms with Crippen molar-refractivity contribution >= 4 is 79.4 Å². The van der Waals surface area contributed by atoms with E-state index in [1.807, 2.05) is 26.0 Å². The standard InChI is InChI=1S/C50H44N6O8/c1-5-35-36(6-2)42(52-48(60)40-28-32-14-10-12-16-38(32)44(46(40)58)56-54-34-23-19-30(20-24-34)50(62)64-8-4)26-25-41(35)51-47(59)39-27-31-13-9-11-15-37(31)43(45(39)57)55-53-33-21-17-29(18-22-33)49(61)63-7-3/h9-28,57-58H,5-8H2,1-4H3,(H,51,59)(H,52,60). The van der Waals surface area contributed by atoms with Crippen molar-refractivity contribution in [3.05, 3.63) is 155 Å². The Balaban J connectivity index is 1.15. The zero-order chi connectivity index (χ0) is 45.3. The molecule has 7 aromatic rings. The van der Waals surface area contributed by atoms with Gasteiger partial charge in [-0.05, 0) is 121 Å². The molecule has 0 unspecified atom stereocenters. The summed E-state index contributed by atoms with van der Waals surface area (Å²) in [5.74, 6) is -2.85. The van der Waals surface area contributed by atoms with Gasteiger partial charge in [0.15, 0.2) is 11.5 Å². The minimum absolute atomic E-state index is 0.0313. The lowest BCUT2D eigenvalue weighted by Gasteiger charge is -2.19. The van der Waals surface area contributed by atoms with Crippen LogP contribution in [0, 0.1) is 0 Å². The maximum absolute atomic E-state index is 14.0. The van der Waals surface area contributed by atoms with Crippen LogP contribution in [0.3, 0.4) is 0 Å². The van der Waals surface area contributed by atoms with E-state index in [0.717, 1.165) is 11.1 Å². The molecule has 0 radical (unpaired) electrons. The van der Waals surface area contributed by atoms with E-state index >= 15 is 0 Å². The first-order chi connectivity index (χ1) is 31.0. The third-order valence-electron chi connectivity index (χ3n) is 10.4. The summed E-state index contributed by atoms with van der Waals surface area (Å²) < 4.78 is 10.1. The number of aromatic hydroxyl groups is 2. The summed E-state index contributed by atoms with van der Waals surface area (Å²) in [5, 5.41) is 48.7. The van der Waals surface area contributed by atoms with Gasteiger partial charge < -0.3 is 30.3 Å². The van der Waals surface area contributed by atoms with Gasteiger partial charge in [0.1, 0.15) is 11.4 Å². The fraction of sp³-hybridized carbons (Fsp3) is 0.160. The van der Waals surface area contributed by atoms with Gasteiger partial charge in [-0.15, -0.1) is 10.2 Å². The SMILES string of the molecule is CCOC(=O)c1ccc(N=Nc2c(O)c(C(=O)Nc3ccc(NC(=O)c4cc5ccccc5c(N=Nc5ccc(C(=O)OCC)cc5)c4O)c(CC)c3CC)cc3ccccc23)cc1. The molecule has 64 heavy (non-hydrogen) atoms. The van der Waals surface area contributed by atoms with Crippen LogP contribution in [-0.2, 0) is 22.3 Å². The third-order valence-corrected chi connectivity index (χ3v) is 10.4. The first-order valence-corrected chi connectivity index (χ1v) is 20.7. The number of amides is 2. The molecule has 2 amide bonds. The molecule has 0 aliphatic heterocycles.